The van der Waals surface area contributed by atoms with Gasteiger partial charge >= 0.3 is 0 Å². The van der Waals surface area contributed by atoms with Crippen molar-refractivity contribution in [1.82, 2.24) is 4.98 Å². The lowest BCUT2D eigenvalue weighted by Crippen LogP contribution is -1.94. The van der Waals surface area contributed by atoms with E-state index < -0.39 is 0 Å². The highest BCUT2D eigenvalue weighted by Crippen LogP contribution is 2.37. The average molecular weight is 317 g/mol. The lowest BCUT2D eigenvalue weighted by atomic mass is 9.93. The maximum Gasteiger partial charge on any atom is 0.137 e. The summed E-state index contributed by atoms with van der Waals surface area (Å²) in [6.45, 7) is 8.93. The Morgan fingerprint density at radius 3 is 2.46 bits per heavy atom. The number of nitrogens with one attached hydrogen (secondary N) is 1. The predicted molar refractivity (Wildman–Crippen MR) is 102 cm³/mol. The highest BCUT2D eigenvalue weighted by molar-refractivity contribution is 5.93. The first-order chi connectivity index (χ1) is 11.6. The minimum atomic E-state index is 0.394. The SMILES string of the molecule is CC(C)c1cccc2cc(-c3ccc4ccoc4c3C(C)C)[nH]c12. The van der Waals surface area contributed by atoms with Crippen molar-refractivity contribution in [2.75, 3.05) is 0 Å². The summed E-state index contributed by atoms with van der Waals surface area (Å²) in [5.41, 5.74) is 7.29. The van der Waals surface area contributed by atoms with Crippen LogP contribution in [0, 0.1) is 0 Å². The van der Waals surface area contributed by atoms with Crippen LogP contribution in [0.15, 0.2) is 53.1 Å². The van der Waals surface area contributed by atoms with Crippen molar-refractivity contribution >= 4 is 21.9 Å². The molecule has 0 radical (unpaired) electrons. The molecule has 2 aromatic heterocycles. The van der Waals surface area contributed by atoms with Gasteiger partial charge < -0.3 is 9.40 Å². The van der Waals surface area contributed by atoms with Crippen LogP contribution in [0.3, 0.4) is 0 Å². The number of furan rings is 1. The minimum absolute atomic E-state index is 0.394. The average Bonchev–Trinajstić information content (AvgIpc) is 3.18. The summed E-state index contributed by atoms with van der Waals surface area (Å²) in [7, 11) is 0. The molecule has 2 heteroatoms. The lowest BCUT2D eigenvalue weighted by molar-refractivity contribution is 0.607. The van der Waals surface area contributed by atoms with Gasteiger partial charge in [-0.3, -0.25) is 0 Å². The van der Waals surface area contributed by atoms with Crippen molar-refractivity contribution in [2.24, 2.45) is 0 Å². The highest BCUT2D eigenvalue weighted by Gasteiger charge is 2.17. The van der Waals surface area contributed by atoms with Gasteiger partial charge in [0.2, 0.25) is 0 Å². The fraction of sp³-hybridized carbons (Fsp3) is 0.273. The van der Waals surface area contributed by atoms with E-state index in [1.165, 1.54) is 38.7 Å². The first-order valence-electron chi connectivity index (χ1n) is 8.68. The fourth-order valence-electron chi connectivity index (χ4n) is 3.67. The number of H-pyrrole nitrogens is 1. The normalized spacial score (nSPS) is 12.1. The van der Waals surface area contributed by atoms with Crippen LogP contribution in [-0.4, -0.2) is 4.98 Å². The largest absolute Gasteiger partial charge is 0.464 e. The number of rotatable bonds is 3. The van der Waals surface area contributed by atoms with Gasteiger partial charge in [0.25, 0.3) is 0 Å². The number of fused-ring (bicyclic) bond motifs is 2. The molecule has 0 atom stereocenters. The van der Waals surface area contributed by atoms with Crippen molar-refractivity contribution < 1.29 is 4.42 Å². The molecular weight excluding hydrogens is 294 g/mol. The number of para-hydroxylation sites is 1. The fourth-order valence-corrected chi connectivity index (χ4v) is 3.67. The second-order valence-electron chi connectivity index (χ2n) is 7.17. The maximum absolute atomic E-state index is 5.79. The van der Waals surface area contributed by atoms with E-state index in [1.807, 2.05) is 6.07 Å². The van der Waals surface area contributed by atoms with Crippen LogP contribution in [0.5, 0.6) is 0 Å². The van der Waals surface area contributed by atoms with Crippen LogP contribution >= 0.6 is 0 Å². The van der Waals surface area contributed by atoms with Gasteiger partial charge in [-0.25, -0.2) is 0 Å². The highest BCUT2D eigenvalue weighted by atomic mass is 16.3. The Morgan fingerprint density at radius 2 is 1.71 bits per heavy atom. The van der Waals surface area contributed by atoms with Crippen molar-refractivity contribution in [3.8, 4) is 11.3 Å². The molecule has 24 heavy (non-hydrogen) atoms. The second kappa shape index (κ2) is 5.55. The molecule has 4 rings (SSSR count). The van der Waals surface area contributed by atoms with Gasteiger partial charge in [-0.15, -0.1) is 0 Å². The van der Waals surface area contributed by atoms with Crippen LogP contribution in [-0.2, 0) is 0 Å². The first-order valence-corrected chi connectivity index (χ1v) is 8.68. The standard InChI is InChI=1S/C22H23NO/c1-13(2)17-7-5-6-16-12-19(23-21(16)17)18-9-8-15-10-11-24-22(15)20(18)14(3)4/h5-14,23H,1-4H3. The summed E-state index contributed by atoms with van der Waals surface area (Å²) in [6, 6.07) is 15.2. The predicted octanol–water partition coefficient (Wildman–Crippen LogP) is 6.83. The van der Waals surface area contributed by atoms with Gasteiger partial charge in [-0.05, 0) is 29.5 Å². The summed E-state index contributed by atoms with van der Waals surface area (Å²) in [6.07, 6.45) is 1.78. The molecule has 0 saturated heterocycles. The molecule has 122 valence electrons. The molecule has 0 amide bonds. The van der Waals surface area contributed by atoms with Gasteiger partial charge in [-0.1, -0.05) is 58.0 Å². The summed E-state index contributed by atoms with van der Waals surface area (Å²) >= 11 is 0. The third kappa shape index (κ3) is 2.25. The zero-order valence-electron chi connectivity index (χ0n) is 14.7. The smallest absolute Gasteiger partial charge is 0.137 e. The van der Waals surface area contributed by atoms with Gasteiger partial charge in [0.15, 0.2) is 0 Å². The van der Waals surface area contributed by atoms with Gasteiger partial charge in [0.1, 0.15) is 5.58 Å². The number of hydrogen-bond acceptors (Lipinski definition) is 1. The molecular formula is C22H23NO. The quantitative estimate of drug-likeness (QED) is 0.441. The summed E-state index contributed by atoms with van der Waals surface area (Å²) in [5.74, 6) is 0.892. The third-order valence-corrected chi connectivity index (χ3v) is 4.84. The van der Waals surface area contributed by atoms with Crippen molar-refractivity contribution in [3.63, 3.8) is 0 Å². The monoisotopic (exact) mass is 317 g/mol. The molecule has 2 heterocycles. The summed E-state index contributed by atoms with van der Waals surface area (Å²) in [4.78, 5) is 3.67. The molecule has 0 aliphatic carbocycles. The maximum atomic E-state index is 5.79. The van der Waals surface area contributed by atoms with E-state index in [9.17, 15) is 0 Å². The number of hydrogen-bond donors (Lipinski definition) is 1. The molecule has 0 unspecified atom stereocenters. The van der Waals surface area contributed by atoms with Crippen LogP contribution < -0.4 is 0 Å². The number of aromatic amines is 1. The van der Waals surface area contributed by atoms with Gasteiger partial charge in [-0.2, -0.15) is 0 Å². The van der Waals surface area contributed by atoms with E-state index in [0.29, 0.717) is 11.8 Å². The van der Waals surface area contributed by atoms with Crippen LogP contribution in [0.1, 0.15) is 50.7 Å². The van der Waals surface area contributed by atoms with Gasteiger partial charge in [0, 0.05) is 33.1 Å². The molecule has 0 saturated carbocycles. The van der Waals surface area contributed by atoms with Crippen LogP contribution in [0.4, 0.5) is 0 Å². The Morgan fingerprint density at radius 1 is 0.875 bits per heavy atom. The van der Waals surface area contributed by atoms with E-state index in [0.717, 1.165) is 5.58 Å². The van der Waals surface area contributed by atoms with E-state index in [-0.39, 0.29) is 0 Å². The molecule has 0 aliphatic rings. The van der Waals surface area contributed by atoms with Crippen molar-refractivity contribution in [1.29, 1.82) is 0 Å². The first kappa shape index (κ1) is 15.1. The number of benzene rings is 2. The van der Waals surface area contributed by atoms with E-state index in [4.69, 9.17) is 4.42 Å². The molecule has 1 N–H and O–H groups in total. The zero-order chi connectivity index (χ0) is 16.8. The molecule has 0 aliphatic heterocycles. The summed E-state index contributed by atoms with van der Waals surface area (Å²) < 4.78 is 5.79. The lowest BCUT2D eigenvalue weighted by Gasteiger charge is -2.12. The van der Waals surface area contributed by atoms with Crippen LogP contribution in [0.2, 0.25) is 0 Å². The third-order valence-electron chi connectivity index (χ3n) is 4.84. The van der Waals surface area contributed by atoms with E-state index in [2.05, 4.69) is 69.1 Å². The zero-order valence-corrected chi connectivity index (χ0v) is 14.7. The topological polar surface area (TPSA) is 28.9 Å². The second-order valence-corrected chi connectivity index (χ2v) is 7.17. The Bertz CT molecular complexity index is 1020. The molecule has 0 bridgehead atoms. The van der Waals surface area contributed by atoms with Crippen molar-refractivity contribution in [3.05, 3.63) is 59.9 Å². The molecule has 4 aromatic rings. The van der Waals surface area contributed by atoms with Crippen LogP contribution in [0.25, 0.3) is 33.1 Å². The Kier molecular flexibility index (Phi) is 3.49. The van der Waals surface area contributed by atoms with Gasteiger partial charge in [0.05, 0.1) is 6.26 Å². The Labute approximate surface area is 142 Å². The Hall–Kier alpha value is -2.48. The Balaban J connectivity index is 1.99. The van der Waals surface area contributed by atoms with E-state index >= 15 is 0 Å². The summed E-state index contributed by atoms with van der Waals surface area (Å²) in [5, 5.41) is 2.44. The van der Waals surface area contributed by atoms with Crippen molar-refractivity contribution in [2.45, 2.75) is 39.5 Å². The molecule has 0 spiro atoms. The molecule has 2 aromatic carbocycles. The minimum Gasteiger partial charge on any atom is -0.464 e. The molecule has 0 fully saturated rings. The van der Waals surface area contributed by atoms with E-state index in [1.54, 1.807) is 6.26 Å². The number of aromatic nitrogens is 1. The molecule has 2 nitrogen and oxygen atoms in total.